The van der Waals surface area contributed by atoms with Crippen molar-refractivity contribution in [1.82, 2.24) is 4.90 Å². The minimum Gasteiger partial charge on any atom is -0.483 e. The Morgan fingerprint density at radius 3 is 2.50 bits per heavy atom. The van der Waals surface area contributed by atoms with E-state index in [1.807, 2.05) is 24.3 Å². The number of hydrogen-bond donors (Lipinski definition) is 3. The van der Waals surface area contributed by atoms with Crippen LogP contribution in [0.2, 0.25) is 0 Å². The Morgan fingerprint density at radius 1 is 1.07 bits per heavy atom. The number of likely N-dealkylation sites (tertiary alicyclic amines) is 1. The third-order valence-corrected chi connectivity index (χ3v) is 5.03. The topological polar surface area (TPSA) is 128 Å². The Labute approximate surface area is 175 Å². The van der Waals surface area contributed by atoms with Crippen molar-refractivity contribution in [3.63, 3.8) is 0 Å². The molecule has 8 nitrogen and oxygen atoms in total. The molecule has 0 spiro atoms. The molecule has 0 radical (unpaired) electrons. The van der Waals surface area contributed by atoms with Crippen LogP contribution in [0.5, 0.6) is 5.75 Å². The standard InChI is InChI=1S/C22H26N4O4/c23-20(27)14-30-19-6-2-1-5-18(19)22(29)25-17-9-7-15(8-10-17)12-26-11-3-4-16(13-26)21(24)28/h1-2,5-10,16H,3-4,11-14H2,(H2,23,27)(H2,24,28)(H,25,29). The van der Waals surface area contributed by atoms with Crippen LogP contribution in [0.25, 0.3) is 0 Å². The quantitative estimate of drug-likeness (QED) is 0.608. The number of rotatable bonds is 8. The number of nitrogens with two attached hydrogens (primary N) is 2. The van der Waals surface area contributed by atoms with Crippen LogP contribution in [0.1, 0.15) is 28.8 Å². The van der Waals surface area contributed by atoms with Crippen LogP contribution in [-0.2, 0) is 16.1 Å². The second-order valence-corrected chi connectivity index (χ2v) is 7.38. The van der Waals surface area contributed by atoms with Crippen molar-refractivity contribution in [2.75, 3.05) is 25.0 Å². The maximum absolute atomic E-state index is 12.6. The molecule has 158 valence electrons. The number of nitrogens with one attached hydrogen (secondary N) is 1. The number of benzene rings is 2. The zero-order valence-electron chi connectivity index (χ0n) is 16.7. The van der Waals surface area contributed by atoms with E-state index >= 15 is 0 Å². The normalized spacial score (nSPS) is 16.6. The van der Waals surface area contributed by atoms with Gasteiger partial charge in [0.25, 0.3) is 11.8 Å². The second kappa shape index (κ2) is 9.89. The van der Waals surface area contributed by atoms with E-state index in [4.69, 9.17) is 16.2 Å². The van der Waals surface area contributed by atoms with Gasteiger partial charge < -0.3 is 21.5 Å². The summed E-state index contributed by atoms with van der Waals surface area (Å²) in [4.78, 5) is 37.2. The molecule has 2 aromatic rings. The fourth-order valence-electron chi connectivity index (χ4n) is 3.51. The predicted octanol–water partition coefficient (Wildman–Crippen LogP) is 1.50. The smallest absolute Gasteiger partial charge is 0.259 e. The summed E-state index contributed by atoms with van der Waals surface area (Å²) in [5.74, 6) is -0.994. The third kappa shape index (κ3) is 5.81. The number of nitrogens with zero attached hydrogens (tertiary/aromatic N) is 1. The fraction of sp³-hybridized carbons (Fsp3) is 0.318. The monoisotopic (exact) mass is 410 g/mol. The Morgan fingerprint density at radius 2 is 1.80 bits per heavy atom. The van der Waals surface area contributed by atoms with Crippen molar-refractivity contribution in [2.24, 2.45) is 17.4 Å². The number of primary amides is 2. The highest BCUT2D eigenvalue weighted by molar-refractivity contribution is 6.06. The first kappa shape index (κ1) is 21.3. The van der Waals surface area contributed by atoms with E-state index in [2.05, 4.69) is 10.2 Å². The third-order valence-electron chi connectivity index (χ3n) is 5.03. The van der Waals surface area contributed by atoms with Crippen molar-refractivity contribution in [1.29, 1.82) is 0 Å². The van der Waals surface area contributed by atoms with E-state index in [0.717, 1.165) is 31.5 Å². The minimum absolute atomic E-state index is 0.0887. The van der Waals surface area contributed by atoms with Crippen LogP contribution in [0.3, 0.4) is 0 Å². The molecule has 1 saturated heterocycles. The lowest BCUT2D eigenvalue weighted by Gasteiger charge is -2.31. The molecule has 1 atom stereocenters. The fourth-order valence-corrected chi connectivity index (χ4v) is 3.51. The molecule has 30 heavy (non-hydrogen) atoms. The molecule has 1 fully saturated rings. The second-order valence-electron chi connectivity index (χ2n) is 7.38. The van der Waals surface area contributed by atoms with Crippen molar-refractivity contribution in [3.05, 3.63) is 59.7 Å². The summed E-state index contributed by atoms with van der Waals surface area (Å²) < 4.78 is 5.31. The number of hydrogen-bond acceptors (Lipinski definition) is 5. The molecule has 3 amide bonds. The first-order valence-corrected chi connectivity index (χ1v) is 9.84. The van der Waals surface area contributed by atoms with Gasteiger partial charge in [-0.2, -0.15) is 0 Å². The summed E-state index contributed by atoms with van der Waals surface area (Å²) in [6, 6.07) is 14.2. The Balaban J connectivity index is 1.60. The van der Waals surface area contributed by atoms with Gasteiger partial charge in [-0.3, -0.25) is 19.3 Å². The number of ether oxygens (including phenoxy) is 1. The van der Waals surface area contributed by atoms with Crippen molar-refractivity contribution in [2.45, 2.75) is 19.4 Å². The van der Waals surface area contributed by atoms with Gasteiger partial charge in [0, 0.05) is 18.8 Å². The zero-order chi connectivity index (χ0) is 21.5. The van der Waals surface area contributed by atoms with Gasteiger partial charge in [0.1, 0.15) is 5.75 Å². The van der Waals surface area contributed by atoms with Gasteiger partial charge in [0.05, 0.1) is 11.5 Å². The Bertz CT molecular complexity index is 914. The summed E-state index contributed by atoms with van der Waals surface area (Å²) in [7, 11) is 0. The van der Waals surface area contributed by atoms with Gasteiger partial charge in [-0.25, -0.2) is 0 Å². The number of carbonyl (C=O) groups excluding carboxylic acids is 3. The maximum atomic E-state index is 12.6. The summed E-state index contributed by atoms with van der Waals surface area (Å²) in [5, 5.41) is 2.83. The maximum Gasteiger partial charge on any atom is 0.259 e. The van der Waals surface area contributed by atoms with Crippen LogP contribution < -0.4 is 21.5 Å². The Hall–Kier alpha value is -3.39. The highest BCUT2D eigenvalue weighted by atomic mass is 16.5. The van der Waals surface area contributed by atoms with E-state index < -0.39 is 5.91 Å². The molecular weight excluding hydrogens is 384 g/mol. The van der Waals surface area contributed by atoms with Gasteiger partial charge in [-0.1, -0.05) is 24.3 Å². The summed E-state index contributed by atoms with van der Waals surface area (Å²) in [6.45, 7) is 2.04. The summed E-state index contributed by atoms with van der Waals surface area (Å²) in [5.41, 5.74) is 12.6. The summed E-state index contributed by atoms with van der Waals surface area (Å²) >= 11 is 0. The predicted molar refractivity (Wildman–Crippen MR) is 113 cm³/mol. The first-order chi connectivity index (χ1) is 14.4. The largest absolute Gasteiger partial charge is 0.483 e. The minimum atomic E-state index is -0.614. The molecule has 1 aliphatic rings. The highest BCUT2D eigenvalue weighted by Crippen LogP contribution is 2.21. The van der Waals surface area contributed by atoms with Gasteiger partial charge >= 0.3 is 0 Å². The van der Waals surface area contributed by atoms with E-state index in [9.17, 15) is 14.4 Å². The molecule has 0 bridgehead atoms. The molecule has 0 aromatic heterocycles. The lowest BCUT2D eigenvalue weighted by atomic mass is 9.97. The van der Waals surface area contributed by atoms with Gasteiger partial charge in [-0.05, 0) is 49.2 Å². The number of anilines is 1. The van der Waals surface area contributed by atoms with Gasteiger partial charge in [0.15, 0.2) is 6.61 Å². The number of para-hydroxylation sites is 1. The van der Waals surface area contributed by atoms with Crippen molar-refractivity contribution in [3.8, 4) is 5.75 Å². The number of carbonyl (C=O) groups is 3. The van der Waals surface area contributed by atoms with Gasteiger partial charge in [-0.15, -0.1) is 0 Å². The first-order valence-electron chi connectivity index (χ1n) is 9.84. The average Bonchev–Trinajstić information content (AvgIpc) is 2.74. The van der Waals surface area contributed by atoms with Crippen LogP contribution in [-0.4, -0.2) is 42.3 Å². The Kier molecular flexibility index (Phi) is 7.03. The molecule has 8 heteroatoms. The lowest BCUT2D eigenvalue weighted by molar-refractivity contribution is -0.123. The van der Waals surface area contributed by atoms with Gasteiger partial charge in [0.2, 0.25) is 5.91 Å². The molecular formula is C22H26N4O4. The molecule has 5 N–H and O–H groups in total. The van der Waals surface area contributed by atoms with Crippen LogP contribution in [0.4, 0.5) is 5.69 Å². The number of amides is 3. The zero-order valence-corrected chi connectivity index (χ0v) is 16.7. The van der Waals surface area contributed by atoms with Crippen molar-refractivity contribution >= 4 is 23.4 Å². The molecule has 3 rings (SSSR count). The van der Waals surface area contributed by atoms with E-state index in [1.165, 1.54) is 0 Å². The van der Waals surface area contributed by atoms with E-state index in [0.29, 0.717) is 23.5 Å². The van der Waals surface area contributed by atoms with E-state index in [1.54, 1.807) is 24.3 Å². The molecule has 1 unspecified atom stereocenters. The molecule has 0 aliphatic carbocycles. The van der Waals surface area contributed by atoms with Crippen LogP contribution >= 0.6 is 0 Å². The van der Waals surface area contributed by atoms with Crippen molar-refractivity contribution < 1.29 is 19.1 Å². The molecule has 1 aliphatic heterocycles. The lowest BCUT2D eigenvalue weighted by Crippen LogP contribution is -2.40. The molecule has 0 saturated carbocycles. The molecule has 1 heterocycles. The average molecular weight is 410 g/mol. The molecule has 2 aromatic carbocycles. The highest BCUT2D eigenvalue weighted by Gasteiger charge is 2.23. The van der Waals surface area contributed by atoms with Crippen LogP contribution in [0, 0.1) is 5.92 Å². The van der Waals surface area contributed by atoms with Crippen LogP contribution in [0.15, 0.2) is 48.5 Å². The van der Waals surface area contributed by atoms with E-state index in [-0.39, 0.29) is 24.3 Å². The SMILES string of the molecule is NC(=O)COc1ccccc1C(=O)Nc1ccc(CN2CCCC(C(N)=O)C2)cc1. The summed E-state index contributed by atoms with van der Waals surface area (Å²) in [6.07, 6.45) is 1.81. The number of piperidine rings is 1.